The van der Waals surface area contributed by atoms with Gasteiger partial charge in [-0.3, -0.25) is 9.59 Å². The molecule has 0 atom stereocenters. The van der Waals surface area contributed by atoms with E-state index >= 15 is 0 Å². The van der Waals surface area contributed by atoms with Crippen molar-refractivity contribution < 1.29 is 4.79 Å². The average molecular weight is 341 g/mol. The van der Waals surface area contributed by atoms with Gasteiger partial charge in [0.25, 0.3) is 11.5 Å². The number of hydrogen-bond acceptors (Lipinski definition) is 4. The number of thiazole rings is 1. The Morgan fingerprint density at radius 2 is 2.12 bits per heavy atom. The maximum atomic E-state index is 12.4. The molecule has 5 nitrogen and oxygen atoms in total. The lowest BCUT2D eigenvalue weighted by molar-refractivity contribution is 0.0952. The highest BCUT2D eigenvalue weighted by atomic mass is 32.1. The van der Waals surface area contributed by atoms with Crippen LogP contribution in [0.2, 0.25) is 0 Å². The number of rotatable bonds is 5. The van der Waals surface area contributed by atoms with Crippen molar-refractivity contribution >= 4 is 28.1 Å². The molecule has 0 aliphatic rings. The van der Waals surface area contributed by atoms with E-state index in [2.05, 4.69) is 17.2 Å². The lowest BCUT2D eigenvalue weighted by atomic mass is 10.1. The number of amides is 1. The SMILES string of the molecule is CCc1nc(CCNC(=O)c2cc3ccccc3n(C)c2=O)cs1. The highest BCUT2D eigenvalue weighted by Gasteiger charge is 2.13. The molecule has 0 fully saturated rings. The van der Waals surface area contributed by atoms with Crippen molar-refractivity contribution in [1.29, 1.82) is 0 Å². The van der Waals surface area contributed by atoms with Crippen LogP contribution in [0.4, 0.5) is 0 Å². The number of aryl methyl sites for hydroxylation is 2. The normalized spacial score (nSPS) is 10.9. The fraction of sp³-hybridized carbons (Fsp3) is 0.278. The molecule has 1 N–H and O–H groups in total. The third kappa shape index (κ3) is 3.23. The Morgan fingerprint density at radius 3 is 2.88 bits per heavy atom. The van der Waals surface area contributed by atoms with Gasteiger partial charge in [-0.05, 0) is 23.9 Å². The molecule has 124 valence electrons. The minimum atomic E-state index is -0.340. The number of nitrogens with one attached hydrogen (secondary N) is 1. The monoisotopic (exact) mass is 341 g/mol. The summed E-state index contributed by atoms with van der Waals surface area (Å²) in [4.78, 5) is 29.2. The molecule has 6 heteroatoms. The standard InChI is InChI=1S/C18H19N3O2S/c1-3-16-20-13(11-24-16)8-9-19-17(22)14-10-12-6-4-5-7-15(12)21(2)18(14)23/h4-7,10-11H,3,8-9H2,1-2H3,(H,19,22). The van der Waals surface area contributed by atoms with Gasteiger partial charge in [-0.25, -0.2) is 4.98 Å². The van der Waals surface area contributed by atoms with Crippen LogP contribution < -0.4 is 10.9 Å². The molecule has 0 bridgehead atoms. The first-order valence-electron chi connectivity index (χ1n) is 7.90. The minimum Gasteiger partial charge on any atom is -0.351 e. The first-order valence-corrected chi connectivity index (χ1v) is 8.78. The largest absolute Gasteiger partial charge is 0.351 e. The average Bonchev–Trinajstić information content (AvgIpc) is 3.06. The Balaban J connectivity index is 1.74. The number of carbonyl (C=O) groups is 1. The van der Waals surface area contributed by atoms with Gasteiger partial charge in [0.05, 0.1) is 16.2 Å². The van der Waals surface area contributed by atoms with E-state index in [0.717, 1.165) is 28.0 Å². The van der Waals surface area contributed by atoms with E-state index in [0.29, 0.717) is 13.0 Å². The fourth-order valence-corrected chi connectivity index (χ4v) is 3.39. The van der Waals surface area contributed by atoms with E-state index in [9.17, 15) is 9.59 Å². The van der Waals surface area contributed by atoms with Crippen LogP contribution in [0.15, 0.2) is 40.5 Å². The van der Waals surface area contributed by atoms with Gasteiger partial charge in [0.15, 0.2) is 0 Å². The second-order valence-electron chi connectivity index (χ2n) is 5.57. The van der Waals surface area contributed by atoms with Crippen LogP contribution in [0.5, 0.6) is 0 Å². The molecule has 2 heterocycles. The summed E-state index contributed by atoms with van der Waals surface area (Å²) in [7, 11) is 1.68. The highest BCUT2D eigenvalue weighted by molar-refractivity contribution is 7.09. The molecule has 0 saturated heterocycles. The third-order valence-electron chi connectivity index (χ3n) is 3.95. The van der Waals surface area contributed by atoms with E-state index in [4.69, 9.17) is 0 Å². The zero-order chi connectivity index (χ0) is 17.1. The van der Waals surface area contributed by atoms with E-state index in [1.54, 1.807) is 24.5 Å². The van der Waals surface area contributed by atoms with Gasteiger partial charge in [-0.1, -0.05) is 25.1 Å². The maximum Gasteiger partial charge on any atom is 0.263 e. The van der Waals surface area contributed by atoms with Crippen molar-refractivity contribution in [2.24, 2.45) is 7.05 Å². The number of aromatic nitrogens is 2. The molecule has 2 aromatic heterocycles. The lowest BCUT2D eigenvalue weighted by Crippen LogP contribution is -2.33. The molecular formula is C18H19N3O2S. The molecule has 3 rings (SSSR count). The summed E-state index contributed by atoms with van der Waals surface area (Å²) < 4.78 is 1.51. The van der Waals surface area contributed by atoms with E-state index in [1.165, 1.54) is 4.57 Å². The van der Waals surface area contributed by atoms with Gasteiger partial charge in [0.2, 0.25) is 0 Å². The summed E-state index contributed by atoms with van der Waals surface area (Å²) in [6.07, 6.45) is 1.58. The lowest BCUT2D eigenvalue weighted by Gasteiger charge is -2.09. The van der Waals surface area contributed by atoms with Gasteiger partial charge < -0.3 is 9.88 Å². The quantitative estimate of drug-likeness (QED) is 0.776. The van der Waals surface area contributed by atoms with Crippen molar-refractivity contribution in [2.45, 2.75) is 19.8 Å². The Hall–Kier alpha value is -2.47. The molecule has 3 aromatic rings. The summed E-state index contributed by atoms with van der Waals surface area (Å²) in [6, 6.07) is 9.19. The number of pyridine rings is 1. The van der Waals surface area contributed by atoms with Crippen LogP contribution in [0.3, 0.4) is 0 Å². The van der Waals surface area contributed by atoms with E-state index < -0.39 is 0 Å². The smallest absolute Gasteiger partial charge is 0.263 e. The number of carbonyl (C=O) groups excluding carboxylic acids is 1. The highest BCUT2D eigenvalue weighted by Crippen LogP contribution is 2.13. The van der Waals surface area contributed by atoms with Gasteiger partial charge in [0, 0.05) is 25.4 Å². The Labute approximate surface area is 144 Å². The molecule has 1 amide bonds. The number of benzene rings is 1. The van der Waals surface area contributed by atoms with Crippen LogP contribution in [-0.4, -0.2) is 22.0 Å². The predicted octanol–water partition coefficient (Wildman–Crippen LogP) is 2.53. The van der Waals surface area contributed by atoms with Gasteiger partial charge in [0.1, 0.15) is 5.56 Å². The number of nitrogens with zero attached hydrogens (tertiary/aromatic N) is 2. The Kier molecular flexibility index (Phi) is 4.76. The van der Waals surface area contributed by atoms with Crippen molar-refractivity contribution in [3.05, 3.63) is 62.3 Å². The number of fused-ring (bicyclic) bond motifs is 1. The zero-order valence-corrected chi connectivity index (χ0v) is 14.5. The summed E-state index contributed by atoms with van der Waals surface area (Å²) in [5.74, 6) is -0.340. The molecule has 24 heavy (non-hydrogen) atoms. The summed E-state index contributed by atoms with van der Waals surface area (Å²) in [5, 5.41) is 6.80. The second kappa shape index (κ2) is 6.97. The molecular weight excluding hydrogens is 322 g/mol. The van der Waals surface area contributed by atoms with E-state index in [1.807, 2.05) is 29.6 Å². The van der Waals surface area contributed by atoms with Crippen LogP contribution >= 0.6 is 11.3 Å². The summed E-state index contributed by atoms with van der Waals surface area (Å²) in [5.41, 5.74) is 1.68. The number of para-hydroxylation sites is 1. The molecule has 0 saturated carbocycles. The molecule has 0 aliphatic carbocycles. The second-order valence-corrected chi connectivity index (χ2v) is 6.52. The first-order chi connectivity index (χ1) is 11.6. The Morgan fingerprint density at radius 1 is 1.33 bits per heavy atom. The first kappa shape index (κ1) is 16.4. The molecule has 0 radical (unpaired) electrons. The van der Waals surface area contributed by atoms with E-state index in [-0.39, 0.29) is 17.0 Å². The Bertz CT molecular complexity index is 943. The fourth-order valence-electron chi connectivity index (χ4n) is 2.61. The molecule has 0 spiro atoms. The maximum absolute atomic E-state index is 12.4. The third-order valence-corrected chi connectivity index (χ3v) is 4.99. The van der Waals surface area contributed by atoms with Crippen LogP contribution in [0.25, 0.3) is 10.9 Å². The van der Waals surface area contributed by atoms with Crippen molar-refractivity contribution in [3.8, 4) is 0 Å². The van der Waals surface area contributed by atoms with Gasteiger partial charge >= 0.3 is 0 Å². The van der Waals surface area contributed by atoms with Gasteiger partial charge in [-0.2, -0.15) is 0 Å². The van der Waals surface area contributed by atoms with Crippen molar-refractivity contribution in [1.82, 2.24) is 14.9 Å². The van der Waals surface area contributed by atoms with Crippen molar-refractivity contribution in [2.75, 3.05) is 6.54 Å². The predicted molar refractivity (Wildman–Crippen MR) is 96.7 cm³/mol. The van der Waals surface area contributed by atoms with Gasteiger partial charge in [-0.15, -0.1) is 11.3 Å². The summed E-state index contributed by atoms with van der Waals surface area (Å²) in [6.45, 7) is 2.53. The van der Waals surface area contributed by atoms with Crippen molar-refractivity contribution in [3.63, 3.8) is 0 Å². The minimum absolute atomic E-state index is 0.170. The molecule has 0 aliphatic heterocycles. The van der Waals surface area contributed by atoms with Crippen LogP contribution in [0.1, 0.15) is 28.0 Å². The van der Waals surface area contributed by atoms with Crippen LogP contribution in [-0.2, 0) is 19.9 Å². The van der Waals surface area contributed by atoms with Crippen LogP contribution in [0, 0.1) is 0 Å². The zero-order valence-electron chi connectivity index (χ0n) is 13.7. The number of hydrogen-bond donors (Lipinski definition) is 1. The molecule has 1 aromatic carbocycles. The summed E-state index contributed by atoms with van der Waals surface area (Å²) >= 11 is 1.63. The molecule has 0 unspecified atom stereocenters. The topological polar surface area (TPSA) is 64.0 Å².